The zero-order chi connectivity index (χ0) is 61.6. The average molecular weight is 1210 g/mol. The summed E-state index contributed by atoms with van der Waals surface area (Å²) in [7, 11) is -4.40. The molecule has 0 rings (SSSR count). The second-order valence-electron chi connectivity index (χ2n) is 24.1. The molecule has 0 saturated carbocycles. The van der Waals surface area contributed by atoms with Crippen molar-refractivity contribution >= 4 is 19.8 Å². The average Bonchev–Trinajstić information content (AvgIpc) is 3.52. The predicted molar refractivity (Wildman–Crippen MR) is 367 cm³/mol. The molecule has 0 amide bonds. The molecule has 2 atom stereocenters. The number of ether oxygens (including phenoxy) is 2. The minimum Gasteiger partial charge on any atom is -0.462 e. The van der Waals surface area contributed by atoms with E-state index in [2.05, 4.69) is 98.9 Å². The fourth-order valence-electron chi connectivity index (χ4n) is 10.5. The predicted octanol–water partition coefficient (Wildman–Crippen LogP) is 23.8. The highest BCUT2D eigenvalue weighted by Crippen LogP contribution is 2.43. The molecule has 0 heterocycles. The molecule has 0 spiro atoms. The fraction of sp³-hybridized carbons (Fsp3) is 0.787. The van der Waals surface area contributed by atoms with Crippen molar-refractivity contribution in [3.05, 3.63) is 85.1 Å². The summed E-state index contributed by atoms with van der Waals surface area (Å²) in [6.07, 6.45) is 94.0. The second kappa shape index (κ2) is 70.3. The summed E-state index contributed by atoms with van der Waals surface area (Å²) in [4.78, 5) is 35.4. The SMILES string of the molecule is CC/C=C\C/C=C\C/C=C\C/C=C\C/C=C\CCCCCCCCCCCCCCCCCCCC(=O)OC(COC(=O)CCCCCCCCCCCCCCCCCCCCC/C=C\C/C=C\CCCCCCC)COP(=O)(O)OCCN. The van der Waals surface area contributed by atoms with Gasteiger partial charge < -0.3 is 20.1 Å². The summed E-state index contributed by atoms with van der Waals surface area (Å²) in [5.74, 6) is -0.812. The molecule has 3 N–H and O–H groups in total. The summed E-state index contributed by atoms with van der Waals surface area (Å²) in [5, 5.41) is 0. The molecule has 0 fully saturated rings. The van der Waals surface area contributed by atoms with E-state index >= 15 is 0 Å². The van der Waals surface area contributed by atoms with Crippen molar-refractivity contribution in [2.24, 2.45) is 5.73 Å². The van der Waals surface area contributed by atoms with Gasteiger partial charge >= 0.3 is 19.8 Å². The molecule has 494 valence electrons. The molecule has 0 saturated heterocycles. The van der Waals surface area contributed by atoms with E-state index in [1.165, 1.54) is 238 Å². The molecule has 0 bridgehead atoms. The maximum atomic E-state index is 12.8. The molecule has 2 unspecified atom stereocenters. The maximum absolute atomic E-state index is 12.8. The second-order valence-corrected chi connectivity index (χ2v) is 25.5. The number of hydrogen-bond acceptors (Lipinski definition) is 8. The monoisotopic (exact) mass is 1210 g/mol. The van der Waals surface area contributed by atoms with E-state index in [9.17, 15) is 19.0 Å². The Kier molecular flexibility index (Phi) is 68.0. The van der Waals surface area contributed by atoms with Gasteiger partial charge in [-0.1, -0.05) is 330 Å². The number of rotatable bonds is 68. The minimum atomic E-state index is -4.40. The third-order valence-electron chi connectivity index (χ3n) is 15.8. The molecule has 0 radical (unpaired) electrons. The molecule has 9 nitrogen and oxygen atoms in total. The first-order valence-corrected chi connectivity index (χ1v) is 37.6. The third kappa shape index (κ3) is 70.2. The molecule has 0 aromatic rings. The number of phosphoric acid groups is 1. The van der Waals surface area contributed by atoms with Crippen LogP contribution in [-0.4, -0.2) is 49.3 Å². The Balaban J connectivity index is 3.84. The summed E-state index contributed by atoms with van der Waals surface area (Å²) in [5.41, 5.74) is 5.41. The van der Waals surface area contributed by atoms with Crippen LogP contribution in [0.1, 0.15) is 348 Å². The van der Waals surface area contributed by atoms with Crippen molar-refractivity contribution < 1.29 is 37.6 Å². The van der Waals surface area contributed by atoms with Crippen LogP contribution in [0.5, 0.6) is 0 Å². The fourth-order valence-corrected chi connectivity index (χ4v) is 11.2. The first-order valence-electron chi connectivity index (χ1n) is 36.1. The van der Waals surface area contributed by atoms with E-state index in [1.54, 1.807) is 0 Å². The van der Waals surface area contributed by atoms with Gasteiger partial charge in [0.05, 0.1) is 13.2 Å². The Morgan fingerprint density at radius 1 is 0.365 bits per heavy atom. The Labute approximate surface area is 525 Å². The van der Waals surface area contributed by atoms with Crippen LogP contribution in [0, 0.1) is 0 Å². The normalized spacial score (nSPS) is 13.4. The lowest BCUT2D eigenvalue weighted by Gasteiger charge is -2.19. The quantitative estimate of drug-likeness (QED) is 0.0264. The molecule has 0 aromatic heterocycles. The van der Waals surface area contributed by atoms with Crippen LogP contribution in [0.15, 0.2) is 85.1 Å². The number of esters is 2. The van der Waals surface area contributed by atoms with Crippen LogP contribution in [0.25, 0.3) is 0 Å². The van der Waals surface area contributed by atoms with E-state index in [0.29, 0.717) is 6.42 Å². The number of nitrogens with two attached hydrogens (primary N) is 1. The first-order chi connectivity index (χ1) is 41.8. The van der Waals surface area contributed by atoms with E-state index in [1.807, 2.05) is 0 Å². The summed E-state index contributed by atoms with van der Waals surface area (Å²) >= 11 is 0. The van der Waals surface area contributed by atoms with Gasteiger partial charge in [-0.25, -0.2) is 4.57 Å². The number of carbonyl (C=O) groups is 2. The zero-order valence-electron chi connectivity index (χ0n) is 55.6. The van der Waals surface area contributed by atoms with Gasteiger partial charge in [0.1, 0.15) is 6.61 Å². The van der Waals surface area contributed by atoms with Gasteiger partial charge in [-0.2, -0.15) is 0 Å². The largest absolute Gasteiger partial charge is 0.472 e. The highest BCUT2D eigenvalue weighted by molar-refractivity contribution is 7.47. The van der Waals surface area contributed by atoms with E-state index in [-0.39, 0.29) is 38.6 Å². The van der Waals surface area contributed by atoms with Crippen molar-refractivity contribution in [2.45, 2.75) is 354 Å². The number of carbonyl (C=O) groups excluding carboxylic acids is 2. The lowest BCUT2D eigenvalue weighted by molar-refractivity contribution is -0.161. The van der Waals surface area contributed by atoms with Crippen LogP contribution in [-0.2, 0) is 32.7 Å². The zero-order valence-corrected chi connectivity index (χ0v) is 56.5. The number of unbranched alkanes of at least 4 members (excludes halogenated alkanes) is 41. The highest BCUT2D eigenvalue weighted by atomic mass is 31.2. The van der Waals surface area contributed by atoms with Crippen molar-refractivity contribution in [3.63, 3.8) is 0 Å². The number of hydrogen-bond donors (Lipinski definition) is 2. The van der Waals surface area contributed by atoms with E-state index < -0.39 is 26.5 Å². The Hall–Kier alpha value is -2.81. The highest BCUT2D eigenvalue weighted by Gasteiger charge is 2.26. The molecule has 0 aliphatic rings. The first kappa shape index (κ1) is 82.2. The van der Waals surface area contributed by atoms with Crippen molar-refractivity contribution in [3.8, 4) is 0 Å². The van der Waals surface area contributed by atoms with Crippen LogP contribution in [0.4, 0.5) is 0 Å². The summed E-state index contributed by atoms with van der Waals surface area (Å²) < 4.78 is 33.2. The van der Waals surface area contributed by atoms with Crippen LogP contribution in [0.3, 0.4) is 0 Å². The number of phosphoric ester groups is 1. The molecule has 0 aliphatic carbocycles. The Morgan fingerprint density at radius 2 is 0.647 bits per heavy atom. The standard InChI is InChI=1S/C75H136NO8P/c1-3-5-7-9-11-13-15-17-19-21-23-25-27-29-31-33-35-36-38-40-42-44-46-48-50-52-54-56-58-60-62-64-66-68-75(78)84-73(72-83-85(79,80)82-70-69-76)71-81-74(77)67-65-63-61-59-57-55-53-51-49-47-45-43-41-39-37-34-32-30-28-26-24-22-20-18-16-14-12-10-8-6-4-2/h5,7,11,13,16-19,22-25,29,31,73H,3-4,6,8-10,12,14-15,20-21,26-28,30,32-72,76H2,1-2H3,(H,79,80)/b7-5-,13-11-,18-16-,19-17-,24-22-,25-23-,31-29-. The Bertz CT molecular complexity index is 1670. The molecule has 85 heavy (non-hydrogen) atoms. The lowest BCUT2D eigenvalue weighted by atomic mass is 10.0. The molecule has 0 aromatic carbocycles. The van der Waals surface area contributed by atoms with Crippen LogP contribution >= 0.6 is 7.82 Å². The molecule has 0 aliphatic heterocycles. The number of allylic oxidation sites excluding steroid dienone is 14. The van der Waals surface area contributed by atoms with Crippen LogP contribution in [0.2, 0.25) is 0 Å². The summed E-state index contributed by atoms with van der Waals surface area (Å²) in [6.45, 7) is 3.67. The van der Waals surface area contributed by atoms with E-state index in [0.717, 1.165) is 77.0 Å². The van der Waals surface area contributed by atoms with Crippen molar-refractivity contribution in [1.29, 1.82) is 0 Å². The Morgan fingerprint density at radius 3 is 0.965 bits per heavy atom. The van der Waals surface area contributed by atoms with Gasteiger partial charge in [-0.3, -0.25) is 18.6 Å². The smallest absolute Gasteiger partial charge is 0.462 e. The molecule has 10 heteroatoms. The van der Waals surface area contributed by atoms with E-state index in [4.69, 9.17) is 24.3 Å². The maximum Gasteiger partial charge on any atom is 0.472 e. The minimum absolute atomic E-state index is 0.0530. The van der Waals surface area contributed by atoms with Gasteiger partial charge in [0.2, 0.25) is 0 Å². The van der Waals surface area contributed by atoms with Gasteiger partial charge in [-0.05, 0) is 89.9 Å². The van der Waals surface area contributed by atoms with Crippen molar-refractivity contribution in [2.75, 3.05) is 26.4 Å². The van der Waals surface area contributed by atoms with Gasteiger partial charge in [0, 0.05) is 19.4 Å². The van der Waals surface area contributed by atoms with Gasteiger partial charge in [0.25, 0.3) is 0 Å². The summed E-state index contributed by atoms with van der Waals surface area (Å²) in [6, 6.07) is 0. The molecular formula is C75H136NO8P. The van der Waals surface area contributed by atoms with Crippen molar-refractivity contribution in [1.82, 2.24) is 0 Å². The topological polar surface area (TPSA) is 134 Å². The van der Waals surface area contributed by atoms with Gasteiger partial charge in [0.15, 0.2) is 6.10 Å². The lowest BCUT2D eigenvalue weighted by Crippen LogP contribution is -2.29. The third-order valence-corrected chi connectivity index (χ3v) is 16.7. The van der Waals surface area contributed by atoms with Crippen LogP contribution < -0.4 is 5.73 Å². The molecular weight excluding hydrogens is 1070 g/mol. The van der Waals surface area contributed by atoms with Gasteiger partial charge in [-0.15, -0.1) is 0 Å².